The summed E-state index contributed by atoms with van der Waals surface area (Å²) < 4.78 is 38.7. The summed E-state index contributed by atoms with van der Waals surface area (Å²) in [5, 5.41) is 3.59. The van der Waals surface area contributed by atoms with Crippen LogP contribution in [-0.2, 0) is 6.18 Å². The highest BCUT2D eigenvalue weighted by molar-refractivity contribution is 5.06. The van der Waals surface area contributed by atoms with Crippen LogP contribution in [0.4, 0.5) is 13.2 Å². The lowest BCUT2D eigenvalue weighted by atomic mass is 9.87. The smallest absolute Gasteiger partial charge is 0.325 e. The zero-order chi connectivity index (χ0) is 12.8. The molecule has 1 aromatic heterocycles. The van der Waals surface area contributed by atoms with Gasteiger partial charge >= 0.3 is 6.18 Å². The molecule has 1 aliphatic carbocycles. The van der Waals surface area contributed by atoms with Crippen LogP contribution >= 0.6 is 0 Å². The summed E-state index contributed by atoms with van der Waals surface area (Å²) in [7, 11) is 0. The summed E-state index contributed by atoms with van der Waals surface area (Å²) in [6.45, 7) is 4.07. The second-order valence-electron chi connectivity index (χ2n) is 5.30. The van der Waals surface area contributed by atoms with Crippen LogP contribution < -0.4 is 5.73 Å². The minimum Gasteiger partial charge on any atom is -0.325 e. The molecule has 0 aliphatic heterocycles. The van der Waals surface area contributed by atoms with E-state index in [9.17, 15) is 13.2 Å². The highest BCUT2D eigenvalue weighted by Gasteiger charge is 2.42. The van der Waals surface area contributed by atoms with E-state index in [1.165, 1.54) is 10.9 Å². The average Bonchev–Trinajstić information content (AvgIpc) is 2.73. The number of hydrogen-bond donors (Lipinski definition) is 1. The molecule has 2 unspecified atom stereocenters. The van der Waals surface area contributed by atoms with Gasteiger partial charge in [0, 0.05) is 12.2 Å². The minimum absolute atomic E-state index is 0.0466. The van der Waals surface area contributed by atoms with Crippen LogP contribution in [0.5, 0.6) is 0 Å². The van der Waals surface area contributed by atoms with Crippen molar-refractivity contribution in [2.45, 2.75) is 44.9 Å². The fraction of sp³-hybridized carbons (Fsp3) is 0.727. The first-order valence-electron chi connectivity index (χ1n) is 5.60. The first kappa shape index (κ1) is 12.4. The van der Waals surface area contributed by atoms with Gasteiger partial charge in [0.05, 0.1) is 6.04 Å². The monoisotopic (exact) mass is 247 g/mol. The van der Waals surface area contributed by atoms with Crippen molar-refractivity contribution in [3.8, 4) is 0 Å². The van der Waals surface area contributed by atoms with E-state index in [0.717, 1.165) is 18.9 Å². The highest BCUT2D eigenvalue weighted by atomic mass is 19.4. The maximum atomic E-state index is 12.4. The maximum absolute atomic E-state index is 12.4. The summed E-state index contributed by atoms with van der Waals surface area (Å²) in [4.78, 5) is 0. The summed E-state index contributed by atoms with van der Waals surface area (Å²) in [5.74, 6) is 0. The van der Waals surface area contributed by atoms with Gasteiger partial charge in [-0.05, 0) is 24.3 Å². The Morgan fingerprint density at radius 2 is 2.12 bits per heavy atom. The zero-order valence-electron chi connectivity index (χ0n) is 9.83. The number of alkyl halides is 3. The standard InChI is InChI=1S/C11H16F3N3/c1-10(2)5-3-7(9(10)15)17-6-4-8(16-17)11(12,13)14/h4,6-7,9H,3,5,15H2,1-2H3. The Morgan fingerprint density at radius 3 is 2.53 bits per heavy atom. The molecule has 1 fully saturated rings. The Morgan fingerprint density at radius 1 is 1.47 bits per heavy atom. The van der Waals surface area contributed by atoms with Crippen LogP contribution in [0, 0.1) is 5.41 Å². The van der Waals surface area contributed by atoms with Crippen molar-refractivity contribution in [2.24, 2.45) is 11.1 Å². The molecule has 0 aromatic carbocycles. The molecule has 1 aliphatic rings. The van der Waals surface area contributed by atoms with Gasteiger partial charge in [-0.25, -0.2) is 0 Å². The molecule has 2 N–H and O–H groups in total. The second kappa shape index (κ2) is 3.73. The molecule has 0 spiro atoms. The molecule has 0 amide bonds. The number of rotatable bonds is 1. The van der Waals surface area contributed by atoms with Crippen molar-refractivity contribution in [3.63, 3.8) is 0 Å². The topological polar surface area (TPSA) is 43.8 Å². The quantitative estimate of drug-likeness (QED) is 0.829. The molecule has 1 saturated carbocycles. The van der Waals surface area contributed by atoms with Crippen molar-refractivity contribution < 1.29 is 13.2 Å². The van der Waals surface area contributed by atoms with Gasteiger partial charge in [-0.3, -0.25) is 4.68 Å². The van der Waals surface area contributed by atoms with E-state index >= 15 is 0 Å². The third kappa shape index (κ3) is 2.18. The molecular formula is C11H16F3N3. The van der Waals surface area contributed by atoms with Crippen molar-refractivity contribution in [2.75, 3.05) is 0 Å². The fourth-order valence-electron chi connectivity index (χ4n) is 2.36. The normalized spacial score (nSPS) is 28.6. The Hall–Kier alpha value is -1.04. The van der Waals surface area contributed by atoms with Crippen molar-refractivity contribution in [3.05, 3.63) is 18.0 Å². The molecule has 6 heteroatoms. The first-order chi connectivity index (χ1) is 7.72. The zero-order valence-corrected chi connectivity index (χ0v) is 9.83. The molecule has 0 radical (unpaired) electrons. The average molecular weight is 247 g/mol. The van der Waals surface area contributed by atoms with Crippen LogP contribution in [-0.4, -0.2) is 15.8 Å². The van der Waals surface area contributed by atoms with E-state index in [0.29, 0.717) is 0 Å². The lowest BCUT2D eigenvalue weighted by Crippen LogP contribution is -2.38. The van der Waals surface area contributed by atoms with Gasteiger partial charge in [-0.2, -0.15) is 18.3 Å². The van der Waals surface area contributed by atoms with Crippen molar-refractivity contribution in [1.82, 2.24) is 9.78 Å². The van der Waals surface area contributed by atoms with Gasteiger partial charge in [-0.1, -0.05) is 13.8 Å². The largest absolute Gasteiger partial charge is 0.435 e. The Bertz CT molecular complexity index is 408. The number of nitrogens with zero attached hydrogens (tertiary/aromatic N) is 2. The predicted molar refractivity (Wildman–Crippen MR) is 57.3 cm³/mol. The van der Waals surface area contributed by atoms with Gasteiger partial charge in [0.1, 0.15) is 0 Å². The maximum Gasteiger partial charge on any atom is 0.435 e. The Balaban J connectivity index is 2.22. The van der Waals surface area contributed by atoms with Crippen molar-refractivity contribution in [1.29, 1.82) is 0 Å². The third-order valence-electron chi connectivity index (χ3n) is 3.64. The molecular weight excluding hydrogens is 231 g/mol. The summed E-state index contributed by atoms with van der Waals surface area (Å²) >= 11 is 0. The highest BCUT2D eigenvalue weighted by Crippen LogP contribution is 2.42. The van der Waals surface area contributed by atoms with Crippen LogP contribution in [0.25, 0.3) is 0 Å². The Labute approximate surface area is 97.8 Å². The molecule has 17 heavy (non-hydrogen) atoms. The van der Waals surface area contributed by atoms with Crippen molar-refractivity contribution >= 4 is 0 Å². The molecule has 0 bridgehead atoms. The molecule has 96 valence electrons. The number of aromatic nitrogens is 2. The SMILES string of the molecule is CC1(C)CCC(n2ccc(C(F)(F)F)n2)C1N. The summed E-state index contributed by atoms with van der Waals surface area (Å²) in [5.41, 5.74) is 5.17. The lowest BCUT2D eigenvalue weighted by Gasteiger charge is -2.26. The number of hydrogen-bond acceptors (Lipinski definition) is 2. The summed E-state index contributed by atoms with van der Waals surface area (Å²) in [6, 6.07) is 0.697. The van der Waals surface area contributed by atoms with E-state index < -0.39 is 11.9 Å². The molecule has 0 saturated heterocycles. The van der Waals surface area contributed by atoms with E-state index in [1.807, 2.05) is 13.8 Å². The van der Waals surface area contributed by atoms with E-state index in [-0.39, 0.29) is 17.5 Å². The molecule has 2 atom stereocenters. The van der Waals surface area contributed by atoms with Gasteiger partial charge < -0.3 is 5.73 Å². The first-order valence-corrected chi connectivity index (χ1v) is 5.60. The number of halogens is 3. The van der Waals surface area contributed by atoms with E-state index in [1.54, 1.807) is 0 Å². The van der Waals surface area contributed by atoms with Crippen LogP contribution in [0.1, 0.15) is 38.4 Å². The van der Waals surface area contributed by atoms with Gasteiger partial charge in [0.25, 0.3) is 0 Å². The van der Waals surface area contributed by atoms with Crippen LogP contribution in [0.2, 0.25) is 0 Å². The summed E-state index contributed by atoms with van der Waals surface area (Å²) in [6.07, 6.45) is -1.34. The third-order valence-corrected chi connectivity index (χ3v) is 3.64. The predicted octanol–water partition coefficient (Wildman–Crippen LogP) is 2.59. The molecule has 1 heterocycles. The van der Waals surface area contributed by atoms with Gasteiger partial charge in [0.2, 0.25) is 0 Å². The van der Waals surface area contributed by atoms with E-state index in [2.05, 4.69) is 5.10 Å². The second-order valence-corrected chi connectivity index (χ2v) is 5.30. The van der Waals surface area contributed by atoms with E-state index in [4.69, 9.17) is 5.73 Å². The molecule has 2 rings (SSSR count). The number of nitrogens with two attached hydrogens (primary N) is 1. The van der Waals surface area contributed by atoms with Crippen LogP contribution in [0.3, 0.4) is 0 Å². The molecule has 1 aromatic rings. The van der Waals surface area contributed by atoms with Crippen LogP contribution in [0.15, 0.2) is 12.3 Å². The van der Waals surface area contributed by atoms with Gasteiger partial charge in [-0.15, -0.1) is 0 Å². The lowest BCUT2D eigenvalue weighted by molar-refractivity contribution is -0.141. The minimum atomic E-state index is -4.39. The fourth-order valence-corrected chi connectivity index (χ4v) is 2.36. The molecule has 3 nitrogen and oxygen atoms in total. The van der Waals surface area contributed by atoms with Gasteiger partial charge in [0.15, 0.2) is 5.69 Å². The Kier molecular flexibility index (Phi) is 2.72.